The van der Waals surface area contributed by atoms with Crippen LogP contribution in [0.3, 0.4) is 0 Å². The van der Waals surface area contributed by atoms with E-state index in [0.29, 0.717) is 44.7 Å². The molecule has 0 spiro atoms. The number of nitrogens with zero attached hydrogens (tertiary/aromatic N) is 4. The van der Waals surface area contributed by atoms with Gasteiger partial charge >= 0.3 is 5.97 Å². The number of benzene rings is 1. The Bertz CT molecular complexity index is 1140. The van der Waals surface area contributed by atoms with Crippen LogP contribution in [0.15, 0.2) is 24.4 Å². The second kappa shape index (κ2) is 10.2. The molecule has 0 amide bonds. The molecule has 1 aromatic carbocycles. The highest BCUT2D eigenvalue weighted by atomic mass is 35.5. The van der Waals surface area contributed by atoms with Gasteiger partial charge in [0.25, 0.3) is 0 Å². The van der Waals surface area contributed by atoms with Gasteiger partial charge in [0.2, 0.25) is 5.95 Å². The first-order chi connectivity index (χ1) is 17.1. The van der Waals surface area contributed by atoms with Gasteiger partial charge in [0, 0.05) is 35.7 Å². The van der Waals surface area contributed by atoms with Gasteiger partial charge in [-0.15, -0.1) is 0 Å². The zero-order chi connectivity index (χ0) is 25.6. The quantitative estimate of drug-likeness (QED) is 0.435. The van der Waals surface area contributed by atoms with Crippen molar-refractivity contribution in [3.63, 3.8) is 0 Å². The normalized spacial score (nSPS) is 29.2. The number of aliphatic carboxylic acids is 1. The second-order valence-corrected chi connectivity index (χ2v) is 12.1. The Balaban J connectivity index is 1.19. The fourth-order valence-corrected chi connectivity index (χ4v) is 6.76. The van der Waals surface area contributed by atoms with E-state index < -0.39 is 11.4 Å². The topological polar surface area (TPSA) is 81.6 Å². The van der Waals surface area contributed by atoms with Gasteiger partial charge in [-0.05, 0) is 75.6 Å². The predicted octanol–water partition coefficient (Wildman–Crippen LogP) is 6.01. The van der Waals surface area contributed by atoms with Crippen LogP contribution in [0.1, 0.15) is 51.1 Å². The Kier molecular flexibility index (Phi) is 7.29. The summed E-state index contributed by atoms with van der Waals surface area (Å²) in [7, 11) is 0. The average Bonchev–Trinajstić information content (AvgIpc) is 3.48. The smallest absolute Gasteiger partial charge is 0.309 e. The molecule has 10 heteroatoms. The van der Waals surface area contributed by atoms with Crippen molar-refractivity contribution < 1.29 is 9.90 Å². The molecule has 2 aliphatic heterocycles. The lowest BCUT2D eigenvalue weighted by Gasteiger charge is -2.46. The molecule has 194 valence electrons. The van der Waals surface area contributed by atoms with Crippen LogP contribution in [-0.2, 0) is 4.79 Å². The summed E-state index contributed by atoms with van der Waals surface area (Å²) in [5.74, 6) is 1.82. The number of carbonyl (C=O) groups is 1. The number of carboxylic acids is 1. The number of aromatic nitrogens is 2. The molecule has 3 heterocycles. The van der Waals surface area contributed by atoms with Crippen molar-refractivity contribution in [3.05, 3.63) is 45.0 Å². The number of hydrogen-bond donors (Lipinski definition) is 2. The molecule has 2 aromatic rings. The number of nitrogens with one attached hydrogen (secondary N) is 1. The van der Waals surface area contributed by atoms with Crippen molar-refractivity contribution in [1.29, 1.82) is 0 Å². The van der Waals surface area contributed by atoms with Crippen molar-refractivity contribution in [2.45, 2.75) is 51.6 Å². The summed E-state index contributed by atoms with van der Waals surface area (Å²) in [6.07, 6.45) is 5.47. The minimum absolute atomic E-state index is 0.111. The lowest BCUT2D eigenvalue weighted by molar-refractivity contribution is -0.157. The molecule has 0 radical (unpaired) electrons. The molecule has 3 atom stereocenters. The van der Waals surface area contributed by atoms with Crippen molar-refractivity contribution in [2.75, 3.05) is 36.4 Å². The third-order valence-electron chi connectivity index (χ3n) is 8.35. The van der Waals surface area contributed by atoms with Gasteiger partial charge in [-0.25, -0.2) is 4.98 Å². The first-order valence-corrected chi connectivity index (χ1v) is 13.7. The maximum atomic E-state index is 11.5. The van der Waals surface area contributed by atoms with E-state index in [1.807, 2.05) is 26.0 Å². The van der Waals surface area contributed by atoms with Gasteiger partial charge in [0.05, 0.1) is 17.7 Å². The highest BCUT2D eigenvalue weighted by Gasteiger charge is 2.50. The first-order valence-electron chi connectivity index (χ1n) is 12.6. The van der Waals surface area contributed by atoms with E-state index in [9.17, 15) is 9.90 Å². The summed E-state index contributed by atoms with van der Waals surface area (Å²) in [4.78, 5) is 25.5. The van der Waals surface area contributed by atoms with Gasteiger partial charge in [-0.2, -0.15) is 4.98 Å². The first kappa shape index (κ1) is 25.8. The minimum atomic E-state index is -0.664. The summed E-state index contributed by atoms with van der Waals surface area (Å²) in [5.41, 5.74) is 0.375. The zero-order valence-corrected chi connectivity index (χ0v) is 22.8. The van der Waals surface area contributed by atoms with Gasteiger partial charge < -0.3 is 20.2 Å². The Hall–Kier alpha value is -1.80. The average molecular weight is 553 g/mol. The molecule has 1 aliphatic carbocycles. The lowest BCUT2D eigenvalue weighted by atomic mass is 9.66. The van der Waals surface area contributed by atoms with Gasteiger partial charge in [-0.1, -0.05) is 40.9 Å². The van der Waals surface area contributed by atoms with E-state index in [0.717, 1.165) is 51.0 Å². The zero-order valence-electron chi connectivity index (χ0n) is 20.6. The largest absolute Gasteiger partial charge is 0.481 e. The lowest BCUT2D eigenvalue weighted by Crippen LogP contribution is -2.52. The van der Waals surface area contributed by atoms with Crippen molar-refractivity contribution in [3.8, 4) is 0 Å². The Morgan fingerprint density at radius 1 is 1.14 bits per heavy atom. The maximum absolute atomic E-state index is 11.5. The number of anilines is 2. The second-order valence-electron chi connectivity index (χ2n) is 10.9. The molecular formula is C26H32Cl3N5O2. The summed E-state index contributed by atoms with van der Waals surface area (Å²) in [5, 5.41) is 14.5. The molecule has 3 aliphatic rings. The summed E-state index contributed by atoms with van der Waals surface area (Å²) >= 11 is 18.9. The minimum Gasteiger partial charge on any atom is -0.481 e. The third kappa shape index (κ3) is 5.13. The number of halogens is 3. The van der Waals surface area contributed by atoms with Crippen molar-refractivity contribution in [1.82, 2.24) is 14.9 Å². The Morgan fingerprint density at radius 3 is 2.58 bits per heavy atom. The molecular weight excluding hydrogens is 521 g/mol. The fourth-order valence-electron chi connectivity index (χ4n) is 6.05. The van der Waals surface area contributed by atoms with E-state index in [1.54, 1.807) is 12.3 Å². The molecule has 1 saturated carbocycles. The number of carboxylic acid groups (broad SMARTS) is 1. The van der Waals surface area contributed by atoms with E-state index in [4.69, 9.17) is 39.8 Å². The number of hydrogen-bond acceptors (Lipinski definition) is 6. The molecule has 1 aromatic heterocycles. The molecule has 2 saturated heterocycles. The third-order valence-corrected chi connectivity index (χ3v) is 9.19. The van der Waals surface area contributed by atoms with Crippen LogP contribution in [0.5, 0.6) is 0 Å². The summed E-state index contributed by atoms with van der Waals surface area (Å²) in [6, 6.07) is 5.75. The van der Waals surface area contributed by atoms with E-state index in [2.05, 4.69) is 20.1 Å². The SMILES string of the molecule is CC(Nc1nc(N2CCC(C3CCN(C4CC(C)(C(=O)O)C4)C3)C2)ncc1Cl)c1ccc(Cl)cc1Cl. The van der Waals surface area contributed by atoms with Gasteiger partial charge in [-0.3, -0.25) is 4.79 Å². The van der Waals surface area contributed by atoms with Crippen LogP contribution in [0.2, 0.25) is 15.1 Å². The van der Waals surface area contributed by atoms with E-state index in [1.165, 1.54) is 6.42 Å². The molecule has 2 N–H and O–H groups in total. The molecule has 0 bridgehead atoms. The van der Waals surface area contributed by atoms with Crippen LogP contribution < -0.4 is 10.2 Å². The van der Waals surface area contributed by atoms with Gasteiger partial charge in [0.15, 0.2) is 5.82 Å². The van der Waals surface area contributed by atoms with Crippen LogP contribution in [0.25, 0.3) is 0 Å². The van der Waals surface area contributed by atoms with Gasteiger partial charge in [0.1, 0.15) is 5.02 Å². The molecule has 5 rings (SSSR count). The Labute approximate surface area is 227 Å². The van der Waals surface area contributed by atoms with Crippen LogP contribution >= 0.6 is 34.8 Å². The number of likely N-dealkylation sites (tertiary alicyclic amines) is 1. The predicted molar refractivity (Wildman–Crippen MR) is 144 cm³/mol. The fraction of sp³-hybridized carbons (Fsp3) is 0.577. The van der Waals surface area contributed by atoms with Crippen LogP contribution in [0, 0.1) is 17.3 Å². The van der Waals surface area contributed by atoms with Crippen LogP contribution in [0.4, 0.5) is 11.8 Å². The van der Waals surface area contributed by atoms with Crippen LogP contribution in [-0.4, -0.2) is 58.2 Å². The summed E-state index contributed by atoms with van der Waals surface area (Å²) < 4.78 is 0. The highest BCUT2D eigenvalue weighted by molar-refractivity contribution is 6.35. The highest BCUT2D eigenvalue weighted by Crippen LogP contribution is 2.46. The van der Waals surface area contributed by atoms with E-state index >= 15 is 0 Å². The molecule has 36 heavy (non-hydrogen) atoms. The molecule has 7 nitrogen and oxygen atoms in total. The van der Waals surface area contributed by atoms with Crippen molar-refractivity contribution >= 4 is 52.5 Å². The van der Waals surface area contributed by atoms with E-state index in [-0.39, 0.29) is 6.04 Å². The monoisotopic (exact) mass is 551 g/mol. The molecule has 3 fully saturated rings. The number of rotatable bonds is 7. The standard InChI is InChI=1S/C26H32Cl3N5O2/c1-15(20-4-3-18(27)9-21(20)28)31-23-22(29)12-30-25(32-23)34-8-6-17(14-34)16-5-7-33(13-16)19-10-26(2,11-19)24(35)36/h3-4,9,12,15-17,19H,5-8,10-11,13-14H2,1-2H3,(H,35,36)(H,30,31,32). The Morgan fingerprint density at radius 2 is 1.86 bits per heavy atom. The summed E-state index contributed by atoms with van der Waals surface area (Å²) in [6.45, 7) is 7.85. The molecule has 3 unspecified atom stereocenters. The van der Waals surface area contributed by atoms with Crippen molar-refractivity contribution in [2.24, 2.45) is 17.3 Å². The maximum Gasteiger partial charge on any atom is 0.309 e.